The van der Waals surface area contributed by atoms with Gasteiger partial charge in [-0.1, -0.05) is 18.2 Å². The number of nitrogens with zero attached hydrogens (tertiary/aromatic N) is 2. The fourth-order valence-corrected chi connectivity index (χ4v) is 4.92. The van der Waals surface area contributed by atoms with Gasteiger partial charge in [0, 0.05) is 31.2 Å². The summed E-state index contributed by atoms with van der Waals surface area (Å²) in [5.41, 5.74) is 4.89. The number of carbonyl (C=O) groups is 3. The van der Waals surface area contributed by atoms with Gasteiger partial charge < -0.3 is 14.9 Å². The number of carbonyl (C=O) groups excluding carboxylic acids is 3. The van der Waals surface area contributed by atoms with Crippen LogP contribution in [-0.4, -0.2) is 17.6 Å². The van der Waals surface area contributed by atoms with Gasteiger partial charge in [-0.3, -0.25) is 14.4 Å². The Balaban J connectivity index is 1.80. The minimum atomic E-state index is -1.81. The Morgan fingerprint density at radius 3 is 2.68 bits per heavy atom. The van der Waals surface area contributed by atoms with Gasteiger partial charge in [0.1, 0.15) is 28.6 Å². The molecule has 31 heavy (non-hydrogen) atoms. The number of para-hydroxylation sites is 1. The van der Waals surface area contributed by atoms with E-state index >= 15 is 0 Å². The number of anilines is 1. The summed E-state index contributed by atoms with van der Waals surface area (Å²) in [7, 11) is 0. The second kappa shape index (κ2) is 6.44. The topological polar surface area (TPSA) is 127 Å². The van der Waals surface area contributed by atoms with Crippen LogP contribution in [0.15, 0.2) is 69.9 Å². The number of benzene rings is 1. The summed E-state index contributed by atoms with van der Waals surface area (Å²) in [4.78, 5) is 40.7. The molecule has 154 valence electrons. The van der Waals surface area contributed by atoms with E-state index in [-0.39, 0.29) is 47.3 Å². The molecule has 3 heterocycles. The Labute approximate surface area is 177 Å². The van der Waals surface area contributed by atoms with E-state index in [0.29, 0.717) is 17.0 Å². The van der Waals surface area contributed by atoms with E-state index in [2.05, 4.69) is 0 Å². The minimum Gasteiger partial charge on any atom is -0.469 e. The molecule has 2 aromatic rings. The van der Waals surface area contributed by atoms with Crippen molar-refractivity contribution in [2.45, 2.75) is 31.1 Å². The Morgan fingerprint density at radius 2 is 2.00 bits per heavy atom. The molecule has 2 atom stereocenters. The molecule has 1 spiro atoms. The zero-order valence-electron chi connectivity index (χ0n) is 16.5. The average Bonchev–Trinajstić information content (AvgIpc) is 3.34. The molecule has 0 saturated heterocycles. The first kappa shape index (κ1) is 18.9. The quantitative estimate of drug-likeness (QED) is 0.758. The first-order chi connectivity index (χ1) is 14.9. The number of ketones is 1. The molecular weight excluding hydrogens is 398 g/mol. The third-order valence-electron chi connectivity index (χ3n) is 6.10. The predicted molar refractivity (Wildman–Crippen MR) is 107 cm³/mol. The predicted octanol–water partition coefficient (Wildman–Crippen LogP) is 2.54. The zero-order valence-corrected chi connectivity index (χ0v) is 16.5. The Bertz CT molecular complexity index is 1260. The average molecular weight is 415 g/mol. The van der Waals surface area contributed by atoms with Crippen LogP contribution in [0.4, 0.5) is 5.69 Å². The van der Waals surface area contributed by atoms with Crippen molar-refractivity contribution < 1.29 is 23.5 Å². The molecule has 8 heteroatoms. The second-order valence-corrected chi connectivity index (χ2v) is 7.72. The third-order valence-corrected chi connectivity index (χ3v) is 6.10. The van der Waals surface area contributed by atoms with Crippen LogP contribution in [0.1, 0.15) is 37.0 Å². The lowest BCUT2D eigenvalue weighted by molar-refractivity contribution is -0.128. The molecule has 1 aromatic carbocycles. The highest BCUT2D eigenvalue weighted by molar-refractivity contribution is 6.28. The summed E-state index contributed by atoms with van der Waals surface area (Å²) in [5, 5.41) is 9.96. The maximum absolute atomic E-state index is 13.8. The van der Waals surface area contributed by atoms with E-state index in [9.17, 15) is 19.6 Å². The molecule has 0 bridgehead atoms. The fraction of sp³-hybridized carbons (Fsp3) is 0.217. The van der Waals surface area contributed by atoms with Crippen LogP contribution in [0, 0.1) is 11.3 Å². The van der Waals surface area contributed by atoms with E-state index in [1.807, 2.05) is 6.07 Å². The van der Waals surface area contributed by atoms with Crippen LogP contribution in [0.3, 0.4) is 0 Å². The van der Waals surface area contributed by atoms with Gasteiger partial charge in [0.05, 0.1) is 17.5 Å². The van der Waals surface area contributed by atoms with Crippen molar-refractivity contribution in [1.29, 1.82) is 5.26 Å². The molecule has 0 saturated carbocycles. The number of nitrogens with two attached hydrogens (primary N) is 1. The van der Waals surface area contributed by atoms with Crippen LogP contribution in [0.5, 0.6) is 0 Å². The van der Waals surface area contributed by atoms with E-state index in [0.717, 1.165) is 4.90 Å². The molecule has 2 amide bonds. The van der Waals surface area contributed by atoms with Crippen LogP contribution >= 0.6 is 0 Å². The number of furan rings is 1. The number of hydrogen-bond acceptors (Lipinski definition) is 7. The zero-order chi connectivity index (χ0) is 21.9. The standard InChI is InChI=1S/C23H17N3O5/c1-12(27)26-16-6-3-2-5-14(16)23(22(26)29)15(11-24)21(25)31-19-10-13(9-17(28)20(19)23)18-7-4-8-30-18/h2-8,13H,9-10,25H2,1H3/t13-,23+/m1/s1. The maximum Gasteiger partial charge on any atom is 0.254 e. The molecule has 8 nitrogen and oxygen atoms in total. The number of amides is 2. The molecule has 0 radical (unpaired) electrons. The van der Waals surface area contributed by atoms with Crippen LogP contribution in [-0.2, 0) is 24.5 Å². The van der Waals surface area contributed by atoms with Gasteiger partial charge in [0.15, 0.2) is 5.78 Å². The van der Waals surface area contributed by atoms with E-state index < -0.39 is 17.2 Å². The van der Waals surface area contributed by atoms with E-state index in [1.165, 1.54) is 13.2 Å². The lowest BCUT2D eigenvalue weighted by Crippen LogP contribution is -2.50. The SMILES string of the molecule is CC(=O)N1C(=O)[C@]2(C(C#N)=C(N)OC3=C2C(=O)C[C@@H](c2ccco2)C3)c2ccccc21. The smallest absolute Gasteiger partial charge is 0.254 e. The van der Waals surface area contributed by atoms with Gasteiger partial charge in [-0.25, -0.2) is 4.90 Å². The van der Waals surface area contributed by atoms with Gasteiger partial charge >= 0.3 is 0 Å². The first-order valence-electron chi connectivity index (χ1n) is 9.74. The molecule has 2 N–H and O–H groups in total. The molecule has 5 rings (SSSR count). The number of rotatable bonds is 1. The largest absolute Gasteiger partial charge is 0.469 e. The van der Waals surface area contributed by atoms with Gasteiger partial charge in [0.2, 0.25) is 11.8 Å². The lowest BCUT2D eigenvalue weighted by atomic mass is 9.64. The highest BCUT2D eigenvalue weighted by Gasteiger charge is 2.63. The molecule has 0 fully saturated rings. The normalized spacial score (nSPS) is 24.8. The van der Waals surface area contributed by atoms with Crippen molar-refractivity contribution in [2.24, 2.45) is 5.73 Å². The second-order valence-electron chi connectivity index (χ2n) is 7.72. The number of ether oxygens (including phenoxy) is 1. The van der Waals surface area contributed by atoms with E-state index in [1.54, 1.807) is 36.4 Å². The number of hydrogen-bond donors (Lipinski definition) is 1. The van der Waals surface area contributed by atoms with Crippen LogP contribution in [0.2, 0.25) is 0 Å². The summed E-state index contributed by atoms with van der Waals surface area (Å²) < 4.78 is 11.2. The van der Waals surface area contributed by atoms with Gasteiger partial charge in [0.25, 0.3) is 5.91 Å². The molecule has 1 aromatic heterocycles. The Kier molecular flexibility index (Phi) is 3.92. The Morgan fingerprint density at radius 1 is 1.23 bits per heavy atom. The number of allylic oxidation sites excluding steroid dienone is 1. The molecule has 2 aliphatic heterocycles. The monoisotopic (exact) mass is 415 g/mol. The summed E-state index contributed by atoms with van der Waals surface area (Å²) in [6.07, 6.45) is 1.87. The van der Waals surface area contributed by atoms with Crippen LogP contribution < -0.4 is 10.6 Å². The van der Waals surface area contributed by atoms with Crippen LogP contribution in [0.25, 0.3) is 0 Å². The number of imide groups is 1. The van der Waals surface area contributed by atoms with Crippen molar-refractivity contribution in [3.05, 3.63) is 76.8 Å². The molecule has 0 unspecified atom stereocenters. The highest BCUT2D eigenvalue weighted by atomic mass is 16.5. The van der Waals surface area contributed by atoms with Crippen molar-refractivity contribution in [3.63, 3.8) is 0 Å². The summed E-state index contributed by atoms with van der Waals surface area (Å²) in [6, 6.07) is 12.1. The fourth-order valence-electron chi connectivity index (χ4n) is 4.92. The number of nitriles is 1. The lowest BCUT2D eigenvalue weighted by Gasteiger charge is -2.38. The van der Waals surface area contributed by atoms with Crippen molar-refractivity contribution in [3.8, 4) is 6.07 Å². The Hall–Kier alpha value is -4.12. The maximum atomic E-state index is 13.8. The van der Waals surface area contributed by atoms with Gasteiger partial charge in [-0.05, 0) is 18.2 Å². The van der Waals surface area contributed by atoms with Gasteiger partial charge in [-0.2, -0.15) is 5.26 Å². The van der Waals surface area contributed by atoms with E-state index in [4.69, 9.17) is 14.9 Å². The van der Waals surface area contributed by atoms with Gasteiger partial charge in [-0.15, -0.1) is 0 Å². The summed E-state index contributed by atoms with van der Waals surface area (Å²) >= 11 is 0. The first-order valence-corrected chi connectivity index (χ1v) is 9.74. The molecule has 1 aliphatic carbocycles. The number of Topliss-reactive ketones (excluding diaryl/α,β-unsaturated/α-hetero) is 1. The molecular formula is C23H17N3O5. The molecule has 3 aliphatic rings. The van der Waals surface area contributed by atoms with Crippen molar-refractivity contribution in [1.82, 2.24) is 0 Å². The highest BCUT2D eigenvalue weighted by Crippen LogP contribution is 2.56. The summed E-state index contributed by atoms with van der Waals surface area (Å²) in [5.74, 6) is -1.25. The third kappa shape index (κ3) is 2.31. The van der Waals surface area contributed by atoms with Crippen molar-refractivity contribution >= 4 is 23.3 Å². The minimum absolute atomic E-state index is 0.0715. The van der Waals surface area contributed by atoms with Crippen molar-refractivity contribution in [2.75, 3.05) is 4.90 Å². The number of fused-ring (bicyclic) bond motifs is 3. The summed E-state index contributed by atoms with van der Waals surface area (Å²) in [6.45, 7) is 1.26.